The van der Waals surface area contributed by atoms with Crippen LogP contribution in [0.25, 0.3) is 10.9 Å². The number of H-pyrrole nitrogens is 1. The SMILES string of the molecule is Cc1cc(NC(CO)Cc2c[nH]c3ccccc23)ncc1Br. The van der Waals surface area contributed by atoms with Crippen molar-refractivity contribution >= 4 is 32.7 Å². The van der Waals surface area contributed by atoms with Gasteiger partial charge in [0.25, 0.3) is 0 Å². The maximum absolute atomic E-state index is 9.67. The minimum atomic E-state index is -0.0766. The number of rotatable bonds is 5. The van der Waals surface area contributed by atoms with Crippen molar-refractivity contribution in [3.63, 3.8) is 0 Å². The van der Waals surface area contributed by atoms with Gasteiger partial charge in [-0.2, -0.15) is 0 Å². The number of aliphatic hydroxyl groups excluding tert-OH is 1. The van der Waals surface area contributed by atoms with Crippen molar-refractivity contribution < 1.29 is 5.11 Å². The Balaban J connectivity index is 1.78. The summed E-state index contributed by atoms with van der Waals surface area (Å²) in [4.78, 5) is 7.61. The highest BCUT2D eigenvalue weighted by atomic mass is 79.9. The highest BCUT2D eigenvalue weighted by Gasteiger charge is 2.12. The van der Waals surface area contributed by atoms with Crippen LogP contribution in [0.5, 0.6) is 0 Å². The number of aryl methyl sites for hydroxylation is 1. The lowest BCUT2D eigenvalue weighted by Gasteiger charge is -2.17. The van der Waals surface area contributed by atoms with E-state index in [1.54, 1.807) is 6.20 Å². The number of hydrogen-bond donors (Lipinski definition) is 3. The fourth-order valence-electron chi connectivity index (χ4n) is 2.55. The molecule has 114 valence electrons. The number of fused-ring (bicyclic) bond motifs is 1. The largest absolute Gasteiger partial charge is 0.394 e. The van der Waals surface area contributed by atoms with Crippen LogP contribution in [-0.2, 0) is 6.42 Å². The number of pyridine rings is 1. The minimum Gasteiger partial charge on any atom is -0.394 e. The monoisotopic (exact) mass is 359 g/mol. The molecular weight excluding hydrogens is 342 g/mol. The molecule has 0 saturated heterocycles. The molecule has 1 unspecified atom stereocenters. The van der Waals surface area contributed by atoms with Crippen molar-refractivity contribution in [3.05, 3.63) is 58.3 Å². The summed E-state index contributed by atoms with van der Waals surface area (Å²) in [5.74, 6) is 0.777. The molecule has 0 aliphatic heterocycles. The lowest BCUT2D eigenvalue weighted by atomic mass is 10.1. The number of para-hydroxylation sites is 1. The van der Waals surface area contributed by atoms with E-state index in [2.05, 4.69) is 43.3 Å². The number of anilines is 1. The molecule has 2 heterocycles. The van der Waals surface area contributed by atoms with Gasteiger partial charge in [-0.15, -0.1) is 0 Å². The van der Waals surface area contributed by atoms with Crippen LogP contribution in [0.3, 0.4) is 0 Å². The standard InChI is InChI=1S/C17H18BrN3O/c1-11-6-17(20-9-15(11)18)21-13(10-22)7-12-8-19-16-5-3-2-4-14(12)16/h2-6,8-9,13,19,22H,7,10H2,1H3,(H,20,21). The number of aliphatic hydroxyl groups is 1. The molecule has 0 saturated carbocycles. The zero-order valence-electron chi connectivity index (χ0n) is 12.3. The summed E-state index contributed by atoms with van der Waals surface area (Å²) in [7, 11) is 0. The van der Waals surface area contributed by atoms with E-state index in [-0.39, 0.29) is 12.6 Å². The first kappa shape index (κ1) is 15.1. The molecule has 5 heteroatoms. The summed E-state index contributed by atoms with van der Waals surface area (Å²) in [6, 6.07) is 10.1. The van der Waals surface area contributed by atoms with Gasteiger partial charge in [0.1, 0.15) is 5.82 Å². The molecule has 0 fully saturated rings. The molecule has 1 aromatic carbocycles. The topological polar surface area (TPSA) is 60.9 Å². The van der Waals surface area contributed by atoms with Gasteiger partial charge in [0.2, 0.25) is 0 Å². The predicted molar refractivity (Wildman–Crippen MR) is 93.2 cm³/mol. The normalized spacial score (nSPS) is 12.5. The fourth-order valence-corrected chi connectivity index (χ4v) is 2.77. The molecule has 0 aliphatic rings. The van der Waals surface area contributed by atoms with Gasteiger partial charge in [0.05, 0.1) is 12.6 Å². The van der Waals surface area contributed by atoms with Gasteiger partial charge in [0, 0.05) is 27.8 Å². The van der Waals surface area contributed by atoms with Crippen molar-refractivity contribution in [1.29, 1.82) is 0 Å². The van der Waals surface area contributed by atoms with Crippen molar-refractivity contribution in [2.45, 2.75) is 19.4 Å². The Morgan fingerprint density at radius 3 is 2.95 bits per heavy atom. The number of aromatic amines is 1. The van der Waals surface area contributed by atoms with Gasteiger partial charge in [-0.3, -0.25) is 0 Å². The zero-order valence-corrected chi connectivity index (χ0v) is 13.9. The number of halogens is 1. The smallest absolute Gasteiger partial charge is 0.126 e. The lowest BCUT2D eigenvalue weighted by molar-refractivity contribution is 0.273. The van der Waals surface area contributed by atoms with Crippen molar-refractivity contribution in [2.24, 2.45) is 0 Å². The average molecular weight is 360 g/mol. The second-order valence-corrected chi connectivity index (χ2v) is 6.26. The average Bonchev–Trinajstić information content (AvgIpc) is 2.93. The molecule has 0 radical (unpaired) electrons. The molecule has 2 aromatic heterocycles. The second kappa shape index (κ2) is 6.50. The number of hydrogen-bond acceptors (Lipinski definition) is 3. The van der Waals surface area contributed by atoms with Crippen LogP contribution in [0.4, 0.5) is 5.82 Å². The first-order valence-corrected chi connectivity index (χ1v) is 8.01. The van der Waals surface area contributed by atoms with E-state index in [1.165, 1.54) is 10.9 Å². The summed E-state index contributed by atoms with van der Waals surface area (Å²) in [5, 5.41) is 14.2. The third kappa shape index (κ3) is 3.15. The quantitative estimate of drug-likeness (QED) is 0.651. The summed E-state index contributed by atoms with van der Waals surface area (Å²) in [5.41, 5.74) is 3.42. The van der Waals surface area contributed by atoms with Crippen molar-refractivity contribution in [3.8, 4) is 0 Å². The van der Waals surface area contributed by atoms with Gasteiger partial charge < -0.3 is 15.4 Å². The van der Waals surface area contributed by atoms with E-state index in [9.17, 15) is 5.11 Å². The highest BCUT2D eigenvalue weighted by Crippen LogP contribution is 2.21. The molecule has 3 aromatic rings. The molecular formula is C17H18BrN3O. The Bertz CT molecular complexity index is 784. The minimum absolute atomic E-state index is 0.0519. The number of nitrogens with zero attached hydrogens (tertiary/aromatic N) is 1. The van der Waals surface area contributed by atoms with Crippen LogP contribution in [-0.4, -0.2) is 27.7 Å². The Hall–Kier alpha value is -1.85. The van der Waals surface area contributed by atoms with Crippen LogP contribution in [0.2, 0.25) is 0 Å². The summed E-state index contributed by atoms with van der Waals surface area (Å²) < 4.78 is 0.982. The summed E-state index contributed by atoms with van der Waals surface area (Å²) in [6.07, 6.45) is 4.52. The molecule has 0 aliphatic carbocycles. The van der Waals surface area contributed by atoms with Gasteiger partial charge in [-0.1, -0.05) is 18.2 Å². The van der Waals surface area contributed by atoms with Crippen molar-refractivity contribution in [1.82, 2.24) is 9.97 Å². The first-order valence-electron chi connectivity index (χ1n) is 7.22. The molecule has 3 rings (SSSR count). The summed E-state index contributed by atoms with van der Waals surface area (Å²) >= 11 is 3.44. The molecule has 4 nitrogen and oxygen atoms in total. The van der Waals surface area contributed by atoms with E-state index in [0.717, 1.165) is 27.8 Å². The van der Waals surface area contributed by atoms with Gasteiger partial charge in [-0.05, 0) is 52.5 Å². The van der Waals surface area contributed by atoms with Crippen LogP contribution in [0.15, 0.2) is 47.2 Å². The van der Waals surface area contributed by atoms with Crippen LogP contribution < -0.4 is 5.32 Å². The third-order valence-electron chi connectivity index (χ3n) is 3.76. The molecule has 3 N–H and O–H groups in total. The van der Waals surface area contributed by atoms with Crippen molar-refractivity contribution in [2.75, 3.05) is 11.9 Å². The molecule has 22 heavy (non-hydrogen) atoms. The Morgan fingerprint density at radius 1 is 1.36 bits per heavy atom. The molecule has 0 amide bonds. The van der Waals surface area contributed by atoms with Gasteiger partial charge in [0.15, 0.2) is 0 Å². The summed E-state index contributed by atoms with van der Waals surface area (Å²) in [6.45, 7) is 2.07. The van der Waals surface area contributed by atoms with E-state index in [4.69, 9.17) is 0 Å². The van der Waals surface area contributed by atoms with Gasteiger partial charge in [-0.25, -0.2) is 4.98 Å². The van der Waals surface area contributed by atoms with E-state index in [0.29, 0.717) is 0 Å². The molecule has 0 spiro atoms. The Morgan fingerprint density at radius 2 is 2.18 bits per heavy atom. The molecule has 0 bridgehead atoms. The lowest BCUT2D eigenvalue weighted by Crippen LogP contribution is -2.26. The number of aromatic nitrogens is 2. The maximum atomic E-state index is 9.67. The van der Waals surface area contributed by atoms with E-state index >= 15 is 0 Å². The maximum Gasteiger partial charge on any atom is 0.126 e. The van der Waals surface area contributed by atoms with E-state index < -0.39 is 0 Å². The third-order valence-corrected chi connectivity index (χ3v) is 4.59. The Kier molecular flexibility index (Phi) is 4.45. The fraction of sp³-hybridized carbons (Fsp3) is 0.235. The van der Waals surface area contributed by atoms with E-state index in [1.807, 2.05) is 31.3 Å². The van der Waals surface area contributed by atoms with Crippen LogP contribution >= 0.6 is 15.9 Å². The molecule has 1 atom stereocenters. The van der Waals surface area contributed by atoms with Gasteiger partial charge >= 0.3 is 0 Å². The predicted octanol–water partition coefficient (Wildman–Crippen LogP) is 3.65. The number of benzene rings is 1. The highest BCUT2D eigenvalue weighted by molar-refractivity contribution is 9.10. The zero-order chi connectivity index (χ0) is 15.5. The first-order chi connectivity index (χ1) is 10.7. The number of nitrogens with one attached hydrogen (secondary N) is 2. The second-order valence-electron chi connectivity index (χ2n) is 5.41. The van der Waals surface area contributed by atoms with Crippen LogP contribution in [0.1, 0.15) is 11.1 Å². The van der Waals surface area contributed by atoms with Crippen LogP contribution in [0, 0.1) is 6.92 Å². The Labute approximate surface area is 137 Å².